The molecule has 16 rings (SSSR count). The highest BCUT2D eigenvalue weighted by atomic mass is 16.3. The second-order valence-electron chi connectivity index (χ2n) is 18.3. The minimum absolute atomic E-state index is 0.505. The number of benzene rings is 11. The van der Waals surface area contributed by atoms with Gasteiger partial charge in [-0.25, -0.2) is 15.0 Å². The van der Waals surface area contributed by atoms with Crippen molar-refractivity contribution in [2.75, 3.05) is 0 Å². The summed E-state index contributed by atoms with van der Waals surface area (Å²) in [6, 6.07) is 72.3. The molecule has 7 nitrogen and oxygen atoms in total. The number of rotatable bonds is 4. The first-order chi connectivity index (χ1) is 34.6. The minimum Gasteiger partial charge on any atom is -0.456 e. The van der Waals surface area contributed by atoms with Gasteiger partial charge in [-0.05, 0) is 123 Å². The second-order valence-corrected chi connectivity index (χ2v) is 18.3. The maximum Gasteiger partial charge on any atom is 0.167 e. The molecular formula is C63H34N4O3. The van der Waals surface area contributed by atoms with Crippen molar-refractivity contribution in [1.82, 2.24) is 19.5 Å². The van der Waals surface area contributed by atoms with E-state index in [9.17, 15) is 0 Å². The van der Waals surface area contributed by atoms with E-state index in [-0.39, 0.29) is 0 Å². The third kappa shape index (κ3) is 5.37. The SMILES string of the molecule is c1ccc2cc3c(cc2c1)c1c2ccccc2ccc1n3-c1ccc2cc(-c3nc(-c4ccc5oc6ccccc6c5c4)nc(-c4ccc5oc6ccccc6c5c4)n3)c3oc4ccccc4c3c2c1. The van der Waals surface area contributed by atoms with Gasteiger partial charge in [-0.1, -0.05) is 115 Å². The summed E-state index contributed by atoms with van der Waals surface area (Å²) in [5.41, 5.74) is 10.6. The molecule has 70 heavy (non-hydrogen) atoms. The van der Waals surface area contributed by atoms with Crippen molar-refractivity contribution in [3.05, 3.63) is 206 Å². The van der Waals surface area contributed by atoms with Crippen LogP contribution in [0.1, 0.15) is 0 Å². The van der Waals surface area contributed by atoms with Gasteiger partial charge in [0.05, 0.1) is 16.6 Å². The zero-order valence-electron chi connectivity index (χ0n) is 37.1. The molecule has 0 saturated carbocycles. The largest absolute Gasteiger partial charge is 0.456 e. The molecule has 0 aliphatic heterocycles. The lowest BCUT2D eigenvalue weighted by molar-refractivity contribution is 0.668. The highest BCUT2D eigenvalue weighted by molar-refractivity contribution is 6.25. The van der Waals surface area contributed by atoms with E-state index in [1.807, 2.05) is 72.8 Å². The fourth-order valence-corrected chi connectivity index (χ4v) is 11.2. The highest BCUT2D eigenvalue weighted by Gasteiger charge is 2.23. The summed E-state index contributed by atoms with van der Waals surface area (Å²) in [5.74, 6) is 1.58. The van der Waals surface area contributed by atoms with Crippen LogP contribution < -0.4 is 0 Å². The highest BCUT2D eigenvalue weighted by Crippen LogP contribution is 2.44. The molecule has 0 unspecified atom stereocenters. The van der Waals surface area contributed by atoms with Crippen LogP contribution in [0.2, 0.25) is 0 Å². The quantitative estimate of drug-likeness (QED) is 0.175. The normalized spacial score (nSPS) is 12.3. The van der Waals surface area contributed by atoms with Crippen molar-refractivity contribution < 1.29 is 13.3 Å². The Morgan fingerprint density at radius 2 is 0.843 bits per heavy atom. The van der Waals surface area contributed by atoms with E-state index < -0.39 is 0 Å². The molecule has 16 aromatic rings. The Bertz CT molecular complexity index is 4780. The average Bonchev–Trinajstić information content (AvgIpc) is 4.18. The van der Waals surface area contributed by atoms with Crippen molar-refractivity contribution in [3.8, 4) is 39.9 Å². The molecule has 0 saturated heterocycles. The van der Waals surface area contributed by atoms with Crippen LogP contribution in [0.3, 0.4) is 0 Å². The number of hydrogen-bond acceptors (Lipinski definition) is 6. The molecule has 11 aromatic carbocycles. The van der Waals surface area contributed by atoms with Crippen LogP contribution in [0.5, 0.6) is 0 Å². The summed E-state index contributed by atoms with van der Waals surface area (Å²) >= 11 is 0. The molecule has 7 heteroatoms. The molecule has 0 spiro atoms. The van der Waals surface area contributed by atoms with Gasteiger partial charge in [0.25, 0.3) is 0 Å². The molecule has 0 N–H and O–H groups in total. The number of aromatic nitrogens is 4. The zero-order valence-corrected chi connectivity index (χ0v) is 37.1. The molecule has 0 aliphatic carbocycles. The lowest BCUT2D eigenvalue weighted by atomic mass is 9.99. The van der Waals surface area contributed by atoms with E-state index in [1.54, 1.807) is 0 Å². The Morgan fingerprint density at radius 3 is 1.53 bits per heavy atom. The van der Waals surface area contributed by atoms with Gasteiger partial charge >= 0.3 is 0 Å². The lowest BCUT2D eigenvalue weighted by Gasteiger charge is -2.13. The van der Waals surface area contributed by atoms with Crippen molar-refractivity contribution >= 4 is 120 Å². The van der Waals surface area contributed by atoms with Crippen LogP contribution in [0.4, 0.5) is 0 Å². The molecular weight excluding hydrogens is 861 g/mol. The molecule has 0 atom stereocenters. The first kappa shape index (κ1) is 37.5. The number of hydrogen-bond donors (Lipinski definition) is 0. The van der Waals surface area contributed by atoms with E-state index in [2.05, 4.69) is 138 Å². The van der Waals surface area contributed by atoms with Gasteiger partial charge in [0.15, 0.2) is 17.5 Å². The van der Waals surface area contributed by atoms with Crippen LogP contribution in [0, 0.1) is 0 Å². The van der Waals surface area contributed by atoms with Crippen molar-refractivity contribution in [3.63, 3.8) is 0 Å². The van der Waals surface area contributed by atoms with Gasteiger partial charge in [0, 0.05) is 59.9 Å². The standard InChI is InChI=1S/C63H34N4O3/c1-2-13-37-33-52-49(29-36(37)12-1)58-42-14-4-3-11-35(42)22-26-51(58)67(52)41-25-21-38-30-50(60-59(46(38)34-41)45-17-7-10-20-55(45)70-60)63-65-61(39-23-27-56-47(31-39)43-15-5-8-18-53(43)68-56)64-62(66-63)40-24-28-57-48(32-40)44-16-6-9-19-54(44)69-57/h1-34H. The number of nitrogens with zero attached hydrogens (tertiary/aromatic N) is 4. The van der Waals surface area contributed by atoms with Gasteiger partial charge in [-0.2, -0.15) is 0 Å². The molecule has 0 fully saturated rings. The van der Waals surface area contributed by atoms with Crippen LogP contribution in [-0.2, 0) is 0 Å². The van der Waals surface area contributed by atoms with E-state index in [0.717, 1.165) is 104 Å². The van der Waals surface area contributed by atoms with E-state index in [0.29, 0.717) is 23.1 Å². The van der Waals surface area contributed by atoms with Crippen LogP contribution >= 0.6 is 0 Å². The molecule has 0 bridgehead atoms. The fraction of sp³-hybridized carbons (Fsp3) is 0. The van der Waals surface area contributed by atoms with Crippen molar-refractivity contribution in [2.24, 2.45) is 0 Å². The van der Waals surface area contributed by atoms with Crippen LogP contribution in [-0.4, -0.2) is 19.5 Å². The molecule has 0 amide bonds. The molecule has 0 aliphatic rings. The van der Waals surface area contributed by atoms with Gasteiger partial charge in [-0.3, -0.25) is 0 Å². The summed E-state index contributed by atoms with van der Waals surface area (Å²) in [7, 11) is 0. The predicted molar refractivity (Wildman–Crippen MR) is 285 cm³/mol. The number of furan rings is 3. The van der Waals surface area contributed by atoms with Crippen molar-refractivity contribution in [2.45, 2.75) is 0 Å². The van der Waals surface area contributed by atoms with Gasteiger partial charge in [0.1, 0.15) is 33.5 Å². The predicted octanol–water partition coefficient (Wildman–Crippen LogP) is 17.1. The minimum atomic E-state index is 0.505. The Morgan fingerprint density at radius 1 is 0.300 bits per heavy atom. The third-order valence-corrected chi connectivity index (χ3v) is 14.4. The average molecular weight is 895 g/mol. The summed E-state index contributed by atoms with van der Waals surface area (Å²) in [6.07, 6.45) is 0. The summed E-state index contributed by atoms with van der Waals surface area (Å²) < 4.78 is 21.9. The van der Waals surface area contributed by atoms with Gasteiger partial charge in [0.2, 0.25) is 0 Å². The maximum absolute atomic E-state index is 6.96. The van der Waals surface area contributed by atoms with E-state index in [4.69, 9.17) is 28.2 Å². The number of fused-ring (bicyclic) bond motifs is 17. The van der Waals surface area contributed by atoms with Crippen molar-refractivity contribution in [1.29, 1.82) is 0 Å². The maximum atomic E-state index is 6.96. The smallest absolute Gasteiger partial charge is 0.167 e. The third-order valence-electron chi connectivity index (χ3n) is 14.4. The molecule has 5 aromatic heterocycles. The zero-order chi connectivity index (χ0) is 45.6. The second kappa shape index (κ2) is 14.0. The Balaban J connectivity index is 0.957. The number of para-hydroxylation sites is 3. The topological polar surface area (TPSA) is 83.0 Å². The summed E-state index contributed by atoms with van der Waals surface area (Å²) in [6.45, 7) is 0. The monoisotopic (exact) mass is 894 g/mol. The lowest BCUT2D eigenvalue weighted by Crippen LogP contribution is -2.00. The van der Waals surface area contributed by atoms with E-state index in [1.165, 1.54) is 32.3 Å². The summed E-state index contributed by atoms with van der Waals surface area (Å²) in [5, 5.41) is 15.5. The Labute approximate surface area is 397 Å². The Kier molecular flexibility index (Phi) is 7.49. The van der Waals surface area contributed by atoms with E-state index >= 15 is 0 Å². The van der Waals surface area contributed by atoms with Gasteiger partial charge in [-0.15, -0.1) is 0 Å². The van der Waals surface area contributed by atoms with Crippen LogP contribution in [0.25, 0.3) is 160 Å². The van der Waals surface area contributed by atoms with Gasteiger partial charge < -0.3 is 17.8 Å². The molecule has 0 radical (unpaired) electrons. The van der Waals surface area contributed by atoms with Crippen LogP contribution in [0.15, 0.2) is 220 Å². The first-order valence-electron chi connectivity index (χ1n) is 23.5. The fourth-order valence-electron chi connectivity index (χ4n) is 11.2. The first-order valence-corrected chi connectivity index (χ1v) is 23.5. The Hall–Kier alpha value is -9.59. The summed E-state index contributed by atoms with van der Waals surface area (Å²) in [4.78, 5) is 15.9. The molecule has 324 valence electrons. The molecule has 5 heterocycles.